The van der Waals surface area contributed by atoms with Crippen molar-refractivity contribution in [2.45, 2.75) is 32.6 Å². The van der Waals surface area contributed by atoms with Crippen molar-refractivity contribution in [1.29, 1.82) is 5.26 Å². The minimum absolute atomic E-state index is 0.0441. The van der Waals surface area contributed by atoms with Crippen molar-refractivity contribution in [2.75, 3.05) is 5.73 Å². The highest BCUT2D eigenvalue weighted by Gasteiger charge is 2.34. The minimum atomic E-state index is -1.22. The van der Waals surface area contributed by atoms with E-state index in [1.807, 2.05) is 13.8 Å². The van der Waals surface area contributed by atoms with E-state index in [2.05, 4.69) is 6.07 Å². The molecule has 5 nitrogen and oxygen atoms in total. The molecule has 178 valence electrons. The standard InChI is InChI=1S/C27H22F3N3O2/c1-14-12-16(6-9-19(14)28)21-18-13-20(29)22(30)23(32)24(18)33(25(21)27(2,3)10-11-31)17-7-4-15(5-8-17)26(34)35/h4-9,12-13H,10,32H2,1-3H3,(H,34,35). The van der Waals surface area contributed by atoms with Gasteiger partial charge in [0.2, 0.25) is 0 Å². The number of aromatic carboxylic acids is 1. The van der Waals surface area contributed by atoms with Crippen molar-refractivity contribution in [1.82, 2.24) is 4.57 Å². The van der Waals surface area contributed by atoms with Crippen LogP contribution in [0.15, 0.2) is 48.5 Å². The van der Waals surface area contributed by atoms with Gasteiger partial charge in [-0.2, -0.15) is 5.26 Å². The number of nitrogen functional groups attached to an aromatic ring is 1. The zero-order valence-corrected chi connectivity index (χ0v) is 19.3. The van der Waals surface area contributed by atoms with Gasteiger partial charge in [0.1, 0.15) is 5.82 Å². The molecule has 8 heteroatoms. The molecule has 0 fully saturated rings. The summed E-state index contributed by atoms with van der Waals surface area (Å²) in [5.74, 6) is -3.90. The van der Waals surface area contributed by atoms with E-state index in [1.54, 1.807) is 23.6 Å². The number of aromatic nitrogens is 1. The number of carboxylic acid groups (broad SMARTS) is 1. The number of nitrogens with zero attached hydrogens (tertiary/aromatic N) is 2. The number of hydrogen-bond acceptors (Lipinski definition) is 3. The number of anilines is 1. The van der Waals surface area contributed by atoms with Crippen molar-refractivity contribution in [3.63, 3.8) is 0 Å². The third-order valence-electron chi connectivity index (χ3n) is 6.16. The van der Waals surface area contributed by atoms with E-state index in [1.165, 1.54) is 30.3 Å². The predicted molar refractivity (Wildman–Crippen MR) is 128 cm³/mol. The second-order valence-electron chi connectivity index (χ2n) is 9.08. The molecule has 3 aromatic carbocycles. The molecule has 35 heavy (non-hydrogen) atoms. The van der Waals surface area contributed by atoms with Gasteiger partial charge < -0.3 is 15.4 Å². The van der Waals surface area contributed by atoms with Crippen LogP contribution in [0.5, 0.6) is 0 Å². The first kappa shape index (κ1) is 23.9. The van der Waals surface area contributed by atoms with Crippen LogP contribution in [0.4, 0.5) is 18.9 Å². The summed E-state index contributed by atoms with van der Waals surface area (Å²) in [6, 6.07) is 13.5. The first-order valence-electron chi connectivity index (χ1n) is 10.8. The van der Waals surface area contributed by atoms with E-state index in [4.69, 9.17) is 5.73 Å². The molecule has 0 spiro atoms. The Bertz CT molecular complexity index is 1530. The van der Waals surface area contributed by atoms with Crippen LogP contribution in [0.1, 0.15) is 41.9 Å². The average Bonchev–Trinajstić information content (AvgIpc) is 3.15. The van der Waals surface area contributed by atoms with Gasteiger partial charge in [-0.15, -0.1) is 0 Å². The van der Waals surface area contributed by atoms with Gasteiger partial charge in [0.05, 0.1) is 22.8 Å². The zero-order chi connectivity index (χ0) is 25.7. The summed E-state index contributed by atoms with van der Waals surface area (Å²) in [6.45, 7) is 5.22. The summed E-state index contributed by atoms with van der Waals surface area (Å²) in [7, 11) is 0. The van der Waals surface area contributed by atoms with Crippen LogP contribution in [0.3, 0.4) is 0 Å². The van der Waals surface area contributed by atoms with E-state index >= 15 is 0 Å². The quantitative estimate of drug-likeness (QED) is 0.321. The van der Waals surface area contributed by atoms with Gasteiger partial charge in [-0.1, -0.05) is 19.9 Å². The predicted octanol–water partition coefficient (Wildman–Crippen LogP) is 6.49. The molecule has 0 amide bonds. The number of fused-ring (bicyclic) bond motifs is 1. The highest BCUT2D eigenvalue weighted by molar-refractivity contribution is 6.05. The molecule has 0 saturated carbocycles. The molecule has 4 rings (SSSR count). The van der Waals surface area contributed by atoms with Gasteiger partial charge in [0.15, 0.2) is 11.6 Å². The molecule has 3 N–H and O–H groups in total. The molecule has 0 atom stereocenters. The fourth-order valence-corrected chi connectivity index (χ4v) is 4.44. The van der Waals surface area contributed by atoms with Gasteiger partial charge in [-0.3, -0.25) is 0 Å². The first-order chi connectivity index (χ1) is 16.5. The van der Waals surface area contributed by atoms with Crippen molar-refractivity contribution in [3.8, 4) is 22.9 Å². The number of aryl methyl sites for hydroxylation is 1. The summed E-state index contributed by atoms with van der Waals surface area (Å²) in [5.41, 5.74) is 7.40. The lowest BCUT2D eigenvalue weighted by atomic mass is 9.81. The molecule has 4 aromatic rings. The Hall–Kier alpha value is -4.25. The van der Waals surface area contributed by atoms with E-state index in [9.17, 15) is 28.3 Å². The number of nitriles is 1. The van der Waals surface area contributed by atoms with Crippen LogP contribution in [-0.4, -0.2) is 15.6 Å². The number of rotatable bonds is 5. The fourth-order valence-electron chi connectivity index (χ4n) is 4.44. The number of hydrogen-bond donors (Lipinski definition) is 2. The highest BCUT2D eigenvalue weighted by Crippen LogP contribution is 2.46. The molecule has 1 heterocycles. The number of halogens is 3. The van der Waals surface area contributed by atoms with Gasteiger partial charge in [0.25, 0.3) is 0 Å². The molecule has 0 radical (unpaired) electrons. The Morgan fingerprint density at radius 1 is 1.09 bits per heavy atom. The SMILES string of the molecule is Cc1cc(-c2c(C(C)(C)CC#N)n(-c3ccc(C(=O)O)cc3)c3c(N)c(F)c(F)cc23)ccc1F. The Morgan fingerprint density at radius 2 is 1.74 bits per heavy atom. The summed E-state index contributed by atoms with van der Waals surface area (Å²) < 4.78 is 45.1. The van der Waals surface area contributed by atoms with E-state index in [-0.39, 0.29) is 22.9 Å². The fraction of sp³-hybridized carbons (Fsp3) is 0.185. The van der Waals surface area contributed by atoms with Crippen molar-refractivity contribution in [2.24, 2.45) is 0 Å². The average molecular weight is 477 g/mol. The topological polar surface area (TPSA) is 92.0 Å². The van der Waals surface area contributed by atoms with Crippen LogP contribution in [0.2, 0.25) is 0 Å². The number of nitrogens with two attached hydrogens (primary N) is 1. The Balaban J connectivity index is 2.24. The van der Waals surface area contributed by atoms with Crippen molar-refractivity contribution >= 4 is 22.6 Å². The van der Waals surface area contributed by atoms with Crippen molar-refractivity contribution in [3.05, 3.63) is 82.8 Å². The molecular formula is C27H22F3N3O2. The number of carbonyl (C=O) groups is 1. The lowest BCUT2D eigenvalue weighted by Crippen LogP contribution is -2.22. The lowest BCUT2D eigenvalue weighted by Gasteiger charge is -2.27. The second-order valence-corrected chi connectivity index (χ2v) is 9.08. The summed E-state index contributed by atoms with van der Waals surface area (Å²) in [6.07, 6.45) is 0.0502. The monoisotopic (exact) mass is 477 g/mol. The van der Waals surface area contributed by atoms with Crippen LogP contribution in [0, 0.1) is 35.7 Å². The maximum Gasteiger partial charge on any atom is 0.335 e. The normalized spacial score (nSPS) is 11.6. The van der Waals surface area contributed by atoms with Gasteiger partial charge in [-0.25, -0.2) is 18.0 Å². The number of carboxylic acids is 1. The maximum absolute atomic E-state index is 14.7. The zero-order valence-electron chi connectivity index (χ0n) is 19.3. The first-order valence-corrected chi connectivity index (χ1v) is 10.8. The Kier molecular flexibility index (Phi) is 5.81. The van der Waals surface area contributed by atoms with Crippen LogP contribution < -0.4 is 5.73 Å². The summed E-state index contributed by atoms with van der Waals surface area (Å²) >= 11 is 0. The largest absolute Gasteiger partial charge is 0.478 e. The van der Waals surface area contributed by atoms with Crippen LogP contribution in [-0.2, 0) is 5.41 Å². The third kappa shape index (κ3) is 3.89. The minimum Gasteiger partial charge on any atom is -0.478 e. The van der Waals surface area contributed by atoms with Gasteiger partial charge >= 0.3 is 5.97 Å². The summed E-state index contributed by atoms with van der Waals surface area (Å²) in [5, 5.41) is 19.2. The smallest absolute Gasteiger partial charge is 0.335 e. The molecule has 0 bridgehead atoms. The number of benzene rings is 3. The lowest BCUT2D eigenvalue weighted by molar-refractivity contribution is 0.0697. The third-order valence-corrected chi connectivity index (χ3v) is 6.16. The molecule has 0 aliphatic carbocycles. The van der Waals surface area contributed by atoms with E-state index in [0.29, 0.717) is 28.1 Å². The molecule has 0 saturated heterocycles. The maximum atomic E-state index is 14.7. The van der Waals surface area contributed by atoms with Crippen molar-refractivity contribution < 1.29 is 23.1 Å². The van der Waals surface area contributed by atoms with Crippen LogP contribution in [0.25, 0.3) is 27.7 Å². The molecule has 0 unspecified atom stereocenters. The van der Waals surface area contributed by atoms with E-state index in [0.717, 1.165) is 6.07 Å². The van der Waals surface area contributed by atoms with Gasteiger partial charge in [0, 0.05) is 34.2 Å². The Labute approximate surface area is 199 Å². The molecule has 0 aliphatic rings. The molecular weight excluding hydrogens is 455 g/mol. The van der Waals surface area contributed by atoms with E-state index < -0.39 is 34.5 Å². The second kappa shape index (κ2) is 8.51. The Morgan fingerprint density at radius 3 is 2.31 bits per heavy atom. The molecule has 1 aromatic heterocycles. The highest BCUT2D eigenvalue weighted by atomic mass is 19.2. The summed E-state index contributed by atoms with van der Waals surface area (Å²) in [4.78, 5) is 11.4. The van der Waals surface area contributed by atoms with Crippen LogP contribution >= 0.6 is 0 Å². The molecule has 0 aliphatic heterocycles. The van der Waals surface area contributed by atoms with Gasteiger partial charge in [-0.05, 0) is 60.5 Å².